The van der Waals surface area contributed by atoms with Crippen molar-refractivity contribution in [3.63, 3.8) is 0 Å². The molecule has 1 aromatic rings. The standard InChI is InChI=1S/C13H13NO3/c1-2-3-4-12(15)14-9-10-5-7-11(8-6-10)13(16)17/h1,5-8H,3-4,9H2,(H,14,15)(H,16,17). The van der Waals surface area contributed by atoms with Crippen LogP contribution in [0, 0.1) is 12.3 Å². The fraction of sp³-hybridized carbons (Fsp3) is 0.231. The van der Waals surface area contributed by atoms with Gasteiger partial charge in [0.2, 0.25) is 5.91 Å². The quantitative estimate of drug-likeness (QED) is 0.753. The number of carboxylic acid groups (broad SMARTS) is 1. The number of benzene rings is 1. The third-order valence-electron chi connectivity index (χ3n) is 2.19. The second-order valence-corrected chi connectivity index (χ2v) is 3.48. The first-order valence-corrected chi connectivity index (χ1v) is 5.16. The van der Waals surface area contributed by atoms with Crippen LogP contribution in [0.1, 0.15) is 28.8 Å². The van der Waals surface area contributed by atoms with Crippen molar-refractivity contribution in [2.45, 2.75) is 19.4 Å². The molecule has 0 radical (unpaired) electrons. The Hall–Kier alpha value is -2.28. The third kappa shape index (κ3) is 4.39. The molecule has 0 aromatic heterocycles. The van der Waals surface area contributed by atoms with Gasteiger partial charge in [0, 0.05) is 19.4 Å². The minimum Gasteiger partial charge on any atom is -0.478 e. The monoisotopic (exact) mass is 231 g/mol. The normalized spacial score (nSPS) is 9.35. The molecule has 0 bridgehead atoms. The van der Waals surface area contributed by atoms with E-state index in [1.807, 2.05) is 0 Å². The Kier molecular flexibility index (Phi) is 4.77. The van der Waals surface area contributed by atoms with Crippen LogP contribution in [-0.4, -0.2) is 17.0 Å². The second kappa shape index (κ2) is 6.33. The van der Waals surface area contributed by atoms with Gasteiger partial charge in [0.25, 0.3) is 0 Å². The van der Waals surface area contributed by atoms with Gasteiger partial charge in [-0.25, -0.2) is 4.79 Å². The van der Waals surface area contributed by atoms with Gasteiger partial charge in [0.05, 0.1) is 5.56 Å². The van der Waals surface area contributed by atoms with Crippen LogP contribution in [0.15, 0.2) is 24.3 Å². The van der Waals surface area contributed by atoms with Gasteiger partial charge in [-0.15, -0.1) is 12.3 Å². The number of hydrogen-bond donors (Lipinski definition) is 2. The van der Waals surface area contributed by atoms with Crippen LogP contribution in [0.25, 0.3) is 0 Å². The van der Waals surface area contributed by atoms with E-state index in [9.17, 15) is 9.59 Å². The van der Waals surface area contributed by atoms with Crippen molar-refractivity contribution in [2.75, 3.05) is 0 Å². The first-order chi connectivity index (χ1) is 8.13. The molecule has 0 unspecified atom stereocenters. The molecule has 0 saturated carbocycles. The Balaban J connectivity index is 2.45. The third-order valence-corrected chi connectivity index (χ3v) is 2.19. The number of amides is 1. The highest BCUT2D eigenvalue weighted by Gasteiger charge is 2.03. The van der Waals surface area contributed by atoms with Crippen molar-refractivity contribution >= 4 is 11.9 Å². The van der Waals surface area contributed by atoms with Crippen LogP contribution in [0.2, 0.25) is 0 Å². The van der Waals surface area contributed by atoms with Gasteiger partial charge in [0.1, 0.15) is 0 Å². The van der Waals surface area contributed by atoms with Crippen LogP contribution in [-0.2, 0) is 11.3 Å². The molecular formula is C13H13NO3. The predicted molar refractivity (Wildman–Crippen MR) is 63.3 cm³/mol. The number of rotatable bonds is 5. The average Bonchev–Trinajstić information content (AvgIpc) is 2.34. The van der Waals surface area contributed by atoms with Gasteiger partial charge in [-0.2, -0.15) is 0 Å². The smallest absolute Gasteiger partial charge is 0.335 e. The van der Waals surface area contributed by atoms with E-state index in [0.717, 1.165) is 5.56 Å². The number of carbonyl (C=O) groups is 2. The van der Waals surface area contributed by atoms with Crippen molar-refractivity contribution in [3.8, 4) is 12.3 Å². The summed E-state index contributed by atoms with van der Waals surface area (Å²) in [5.74, 6) is 1.32. The summed E-state index contributed by atoms with van der Waals surface area (Å²) in [7, 11) is 0. The predicted octanol–water partition coefficient (Wildman–Crippen LogP) is 1.41. The number of terminal acetylenes is 1. The zero-order valence-electron chi connectivity index (χ0n) is 9.27. The second-order valence-electron chi connectivity index (χ2n) is 3.48. The Morgan fingerprint density at radius 2 is 1.94 bits per heavy atom. The van der Waals surface area contributed by atoms with E-state index in [2.05, 4.69) is 11.2 Å². The minimum atomic E-state index is -0.963. The molecule has 0 fully saturated rings. The Bertz CT molecular complexity index is 443. The van der Waals surface area contributed by atoms with E-state index < -0.39 is 5.97 Å². The van der Waals surface area contributed by atoms with Gasteiger partial charge in [-0.1, -0.05) is 12.1 Å². The summed E-state index contributed by atoms with van der Waals surface area (Å²) in [5.41, 5.74) is 1.08. The average molecular weight is 231 g/mol. The van der Waals surface area contributed by atoms with Crippen LogP contribution in [0.5, 0.6) is 0 Å². The van der Waals surface area contributed by atoms with Crippen molar-refractivity contribution < 1.29 is 14.7 Å². The lowest BCUT2D eigenvalue weighted by Crippen LogP contribution is -2.22. The van der Waals surface area contributed by atoms with Crippen molar-refractivity contribution in [1.29, 1.82) is 0 Å². The first-order valence-electron chi connectivity index (χ1n) is 5.16. The fourth-order valence-corrected chi connectivity index (χ4v) is 1.24. The number of nitrogens with one attached hydrogen (secondary N) is 1. The SMILES string of the molecule is C#CCCC(=O)NCc1ccc(C(=O)O)cc1. The first kappa shape index (κ1) is 12.8. The molecule has 0 heterocycles. The maximum Gasteiger partial charge on any atom is 0.335 e. The molecule has 4 heteroatoms. The Morgan fingerprint density at radius 1 is 1.29 bits per heavy atom. The molecule has 17 heavy (non-hydrogen) atoms. The van der Waals surface area contributed by atoms with Gasteiger partial charge in [0.15, 0.2) is 0 Å². The molecule has 2 N–H and O–H groups in total. The van der Waals surface area contributed by atoms with Crippen molar-refractivity contribution in [3.05, 3.63) is 35.4 Å². The van der Waals surface area contributed by atoms with E-state index in [-0.39, 0.29) is 11.5 Å². The zero-order chi connectivity index (χ0) is 12.7. The molecule has 1 aromatic carbocycles. The lowest BCUT2D eigenvalue weighted by Gasteiger charge is -2.04. The summed E-state index contributed by atoms with van der Waals surface area (Å²) in [6.45, 7) is 0.378. The molecule has 4 nitrogen and oxygen atoms in total. The van der Waals surface area contributed by atoms with Crippen LogP contribution in [0.3, 0.4) is 0 Å². The Morgan fingerprint density at radius 3 is 2.47 bits per heavy atom. The van der Waals surface area contributed by atoms with E-state index in [1.165, 1.54) is 12.1 Å². The summed E-state index contributed by atoms with van der Waals surface area (Å²) >= 11 is 0. The number of hydrogen-bond acceptors (Lipinski definition) is 2. The fourth-order valence-electron chi connectivity index (χ4n) is 1.24. The van der Waals surface area contributed by atoms with Crippen molar-refractivity contribution in [1.82, 2.24) is 5.32 Å². The van der Waals surface area contributed by atoms with E-state index in [0.29, 0.717) is 19.4 Å². The lowest BCUT2D eigenvalue weighted by atomic mass is 10.1. The van der Waals surface area contributed by atoms with E-state index in [1.54, 1.807) is 12.1 Å². The molecule has 0 aliphatic heterocycles. The highest BCUT2D eigenvalue weighted by atomic mass is 16.4. The molecule has 1 amide bonds. The highest BCUT2D eigenvalue weighted by molar-refractivity contribution is 5.87. The van der Waals surface area contributed by atoms with Gasteiger partial charge in [-0.3, -0.25) is 4.79 Å². The lowest BCUT2D eigenvalue weighted by molar-refractivity contribution is -0.121. The zero-order valence-corrected chi connectivity index (χ0v) is 9.27. The summed E-state index contributed by atoms with van der Waals surface area (Å²) in [4.78, 5) is 21.9. The van der Waals surface area contributed by atoms with E-state index >= 15 is 0 Å². The van der Waals surface area contributed by atoms with Crippen LogP contribution in [0.4, 0.5) is 0 Å². The number of carboxylic acids is 1. The van der Waals surface area contributed by atoms with E-state index in [4.69, 9.17) is 11.5 Å². The maximum absolute atomic E-state index is 11.2. The minimum absolute atomic E-state index is 0.106. The van der Waals surface area contributed by atoms with Gasteiger partial charge >= 0.3 is 5.97 Å². The van der Waals surface area contributed by atoms with Crippen LogP contribution < -0.4 is 5.32 Å². The van der Waals surface area contributed by atoms with Gasteiger partial charge < -0.3 is 10.4 Å². The summed E-state index contributed by atoms with van der Waals surface area (Å²) < 4.78 is 0. The molecule has 0 saturated heterocycles. The summed E-state index contributed by atoms with van der Waals surface area (Å²) in [6.07, 6.45) is 5.77. The molecule has 0 atom stereocenters. The van der Waals surface area contributed by atoms with Gasteiger partial charge in [-0.05, 0) is 17.7 Å². The molecule has 0 aliphatic rings. The summed E-state index contributed by atoms with van der Waals surface area (Å²) in [5, 5.41) is 11.4. The molecule has 0 aliphatic carbocycles. The number of carbonyl (C=O) groups excluding carboxylic acids is 1. The maximum atomic E-state index is 11.2. The highest BCUT2D eigenvalue weighted by Crippen LogP contribution is 2.04. The molecular weight excluding hydrogens is 218 g/mol. The largest absolute Gasteiger partial charge is 0.478 e. The molecule has 1 rings (SSSR count). The molecule has 88 valence electrons. The Labute approximate surface area is 99.7 Å². The summed E-state index contributed by atoms with van der Waals surface area (Å²) in [6, 6.07) is 6.35. The molecule has 0 spiro atoms. The van der Waals surface area contributed by atoms with Crippen molar-refractivity contribution in [2.24, 2.45) is 0 Å². The topological polar surface area (TPSA) is 66.4 Å². The number of aromatic carboxylic acids is 1. The van der Waals surface area contributed by atoms with Crippen LogP contribution >= 0.6 is 0 Å².